The van der Waals surface area contributed by atoms with Gasteiger partial charge in [0.15, 0.2) is 22.7 Å². The average molecular weight is 642 g/mol. The molecule has 0 saturated carbocycles. The molecule has 0 aliphatic carbocycles. The maximum atomic E-state index is 13.2. The molecule has 2 aromatic heterocycles. The highest BCUT2D eigenvalue weighted by Gasteiger charge is 2.22. The Hall–Kier alpha value is -4.58. The summed E-state index contributed by atoms with van der Waals surface area (Å²) in [7, 11) is 4.36. The molecule has 220 valence electrons. The Morgan fingerprint density at radius 3 is 2.37 bits per heavy atom. The van der Waals surface area contributed by atoms with E-state index in [2.05, 4.69) is 15.5 Å². The summed E-state index contributed by atoms with van der Waals surface area (Å²) >= 11 is 18.4. The van der Waals surface area contributed by atoms with Crippen molar-refractivity contribution in [3.05, 3.63) is 113 Å². The summed E-state index contributed by atoms with van der Waals surface area (Å²) in [5.41, 5.74) is 3.28. The van der Waals surface area contributed by atoms with Crippen LogP contribution in [0.5, 0.6) is 17.5 Å². The van der Waals surface area contributed by atoms with Gasteiger partial charge in [0, 0.05) is 34.7 Å². The van der Waals surface area contributed by atoms with E-state index < -0.39 is 17.2 Å². The van der Waals surface area contributed by atoms with Gasteiger partial charge in [-0.1, -0.05) is 40.9 Å². The Morgan fingerprint density at radius 1 is 0.953 bits per heavy atom. The molecule has 11 nitrogen and oxygen atoms in total. The molecule has 1 amide bonds. The zero-order chi connectivity index (χ0) is 30.8. The van der Waals surface area contributed by atoms with Crippen LogP contribution >= 0.6 is 34.8 Å². The van der Waals surface area contributed by atoms with Crippen LogP contribution in [0, 0.1) is 0 Å². The number of amides is 1. The molecular weight excluding hydrogens is 619 g/mol. The molecule has 0 atom stereocenters. The quantitative estimate of drug-likeness (QED) is 0.188. The monoisotopic (exact) mass is 640 g/mol. The number of nitrogens with one attached hydrogen (secondary N) is 1. The van der Waals surface area contributed by atoms with Gasteiger partial charge in [-0.05, 0) is 65.7 Å². The van der Waals surface area contributed by atoms with E-state index in [1.807, 2.05) is 0 Å². The number of aryl methyl sites for hydroxylation is 1. The van der Waals surface area contributed by atoms with E-state index in [-0.39, 0.29) is 29.5 Å². The maximum absolute atomic E-state index is 13.2. The molecule has 5 aromatic rings. The Kier molecular flexibility index (Phi) is 8.58. The van der Waals surface area contributed by atoms with E-state index in [9.17, 15) is 14.4 Å². The molecule has 3 aromatic carbocycles. The van der Waals surface area contributed by atoms with E-state index in [4.69, 9.17) is 44.3 Å². The van der Waals surface area contributed by atoms with Crippen LogP contribution in [0.2, 0.25) is 15.1 Å². The predicted octanol–water partition coefficient (Wildman–Crippen LogP) is 5.01. The van der Waals surface area contributed by atoms with Gasteiger partial charge in [0.2, 0.25) is 0 Å². The lowest BCUT2D eigenvalue weighted by molar-refractivity contribution is 0.0955. The van der Waals surface area contributed by atoms with Gasteiger partial charge in [-0.2, -0.15) is 10.1 Å². The topological polar surface area (TPSA) is 122 Å². The van der Waals surface area contributed by atoms with Crippen LogP contribution in [-0.2, 0) is 20.6 Å². The van der Waals surface area contributed by atoms with Crippen LogP contribution in [0.1, 0.15) is 21.5 Å². The number of imidazole rings is 1. The first-order chi connectivity index (χ1) is 20.6. The van der Waals surface area contributed by atoms with Gasteiger partial charge in [0.05, 0.1) is 19.9 Å². The van der Waals surface area contributed by atoms with Crippen molar-refractivity contribution in [2.45, 2.75) is 6.54 Å². The van der Waals surface area contributed by atoms with Crippen molar-refractivity contribution in [1.82, 2.24) is 24.1 Å². The Balaban J connectivity index is 1.49. The van der Waals surface area contributed by atoms with Gasteiger partial charge in [-0.3, -0.25) is 23.3 Å². The standard InChI is InChI=1S/C29H23Cl3N6O5/c1-36-25-24(27(40)37(2)29(36)41)38(15-18-7-10-20(31)13-21(18)32)28(34-25)43-22-11-4-16(12-23(22)42-3)14-33-35-26(39)17-5-8-19(30)9-6-17/h4-14H,15H2,1-3H3,(H,35,39). The second kappa shape index (κ2) is 12.3. The number of hydrazone groups is 1. The molecule has 0 bridgehead atoms. The number of carbonyl (C=O) groups excluding carboxylic acids is 1. The number of rotatable bonds is 8. The van der Waals surface area contributed by atoms with Crippen molar-refractivity contribution in [3.63, 3.8) is 0 Å². The normalized spacial score (nSPS) is 11.3. The van der Waals surface area contributed by atoms with Crippen LogP contribution < -0.4 is 26.1 Å². The molecule has 0 spiro atoms. The third-order valence-corrected chi connectivity index (χ3v) is 7.37. The van der Waals surface area contributed by atoms with Gasteiger partial charge < -0.3 is 9.47 Å². The van der Waals surface area contributed by atoms with Crippen molar-refractivity contribution >= 4 is 58.1 Å². The van der Waals surface area contributed by atoms with Crippen LogP contribution in [0.15, 0.2) is 75.4 Å². The SMILES string of the molecule is COc1cc(C=NNC(=O)c2ccc(Cl)cc2)ccc1Oc1nc2c(c(=O)n(C)c(=O)n2C)n1Cc1ccc(Cl)cc1Cl. The zero-order valence-corrected chi connectivity index (χ0v) is 25.2. The lowest BCUT2D eigenvalue weighted by Gasteiger charge is -2.13. The number of benzene rings is 3. The summed E-state index contributed by atoms with van der Waals surface area (Å²) in [5.74, 6) is 0.184. The third kappa shape index (κ3) is 6.14. The molecule has 1 N–H and O–H groups in total. The van der Waals surface area contributed by atoms with Crippen LogP contribution in [0.4, 0.5) is 0 Å². The number of halogens is 3. The lowest BCUT2D eigenvalue weighted by Crippen LogP contribution is -2.37. The van der Waals surface area contributed by atoms with Gasteiger partial charge in [-0.25, -0.2) is 10.2 Å². The van der Waals surface area contributed by atoms with Gasteiger partial charge in [0.25, 0.3) is 11.5 Å². The highest BCUT2D eigenvalue weighted by molar-refractivity contribution is 6.35. The molecule has 5 rings (SSSR count). The van der Waals surface area contributed by atoms with Gasteiger partial charge in [-0.15, -0.1) is 0 Å². The van der Waals surface area contributed by atoms with Crippen molar-refractivity contribution in [1.29, 1.82) is 0 Å². The molecule has 0 fully saturated rings. The predicted molar refractivity (Wildman–Crippen MR) is 165 cm³/mol. The second-order valence-electron chi connectivity index (χ2n) is 9.31. The summed E-state index contributed by atoms with van der Waals surface area (Å²) in [4.78, 5) is 42.7. The number of fused-ring (bicyclic) bond motifs is 1. The first-order valence-corrected chi connectivity index (χ1v) is 13.8. The lowest BCUT2D eigenvalue weighted by atomic mass is 10.2. The number of carbonyl (C=O) groups is 1. The number of methoxy groups -OCH3 is 1. The molecule has 0 aliphatic rings. The molecule has 2 heterocycles. The zero-order valence-electron chi connectivity index (χ0n) is 23.0. The highest BCUT2D eigenvalue weighted by Crippen LogP contribution is 2.34. The van der Waals surface area contributed by atoms with Crippen molar-refractivity contribution in [3.8, 4) is 17.5 Å². The minimum Gasteiger partial charge on any atom is -0.493 e. The highest BCUT2D eigenvalue weighted by atomic mass is 35.5. The number of aromatic nitrogens is 4. The Bertz CT molecular complexity index is 2010. The molecule has 0 radical (unpaired) electrons. The fraction of sp³-hybridized carbons (Fsp3) is 0.138. The fourth-order valence-corrected chi connectivity index (χ4v) is 4.84. The summed E-state index contributed by atoms with van der Waals surface area (Å²) in [6.07, 6.45) is 1.44. The van der Waals surface area contributed by atoms with Crippen molar-refractivity contribution in [2.75, 3.05) is 7.11 Å². The third-order valence-electron chi connectivity index (χ3n) is 6.53. The summed E-state index contributed by atoms with van der Waals surface area (Å²) in [5, 5.41) is 5.36. The molecular formula is C29H23Cl3N6O5. The average Bonchev–Trinajstić information content (AvgIpc) is 3.35. The van der Waals surface area contributed by atoms with Gasteiger partial charge in [0.1, 0.15) is 0 Å². The second-order valence-corrected chi connectivity index (χ2v) is 10.6. The Morgan fingerprint density at radius 2 is 1.67 bits per heavy atom. The molecule has 0 unspecified atom stereocenters. The minimum absolute atomic E-state index is 0.0225. The van der Waals surface area contributed by atoms with Crippen molar-refractivity contribution in [2.24, 2.45) is 19.2 Å². The van der Waals surface area contributed by atoms with E-state index >= 15 is 0 Å². The number of hydrogen-bond donors (Lipinski definition) is 1. The largest absolute Gasteiger partial charge is 0.493 e. The van der Waals surface area contributed by atoms with Crippen molar-refractivity contribution < 1.29 is 14.3 Å². The smallest absolute Gasteiger partial charge is 0.332 e. The maximum Gasteiger partial charge on any atom is 0.332 e. The van der Waals surface area contributed by atoms with E-state index in [0.717, 1.165) is 4.57 Å². The summed E-state index contributed by atoms with van der Waals surface area (Å²) in [6.45, 7) is 0.0929. The van der Waals surface area contributed by atoms with E-state index in [0.29, 0.717) is 37.5 Å². The summed E-state index contributed by atoms with van der Waals surface area (Å²) < 4.78 is 15.5. The fourth-order valence-electron chi connectivity index (χ4n) is 4.25. The van der Waals surface area contributed by atoms with Crippen LogP contribution in [-0.4, -0.2) is 37.9 Å². The Labute approximate surface area is 259 Å². The molecule has 0 aliphatic heterocycles. The number of ether oxygens (including phenoxy) is 2. The summed E-state index contributed by atoms with van der Waals surface area (Å²) in [6, 6.07) is 16.4. The van der Waals surface area contributed by atoms with Gasteiger partial charge >= 0.3 is 11.7 Å². The molecule has 43 heavy (non-hydrogen) atoms. The number of nitrogens with zero attached hydrogens (tertiary/aromatic N) is 5. The van der Waals surface area contributed by atoms with Crippen LogP contribution in [0.25, 0.3) is 11.2 Å². The minimum atomic E-state index is -0.551. The first-order valence-electron chi connectivity index (χ1n) is 12.6. The molecule has 0 saturated heterocycles. The first kappa shape index (κ1) is 29.9. The van der Waals surface area contributed by atoms with E-state index in [1.165, 1.54) is 36.6 Å². The van der Waals surface area contributed by atoms with E-state index in [1.54, 1.807) is 60.7 Å². The number of hydrogen-bond acceptors (Lipinski definition) is 7. The van der Waals surface area contributed by atoms with Crippen LogP contribution in [0.3, 0.4) is 0 Å². The molecule has 14 heteroatoms.